The minimum Gasteiger partial charge on any atom is -0.503 e. The highest BCUT2D eigenvalue weighted by Crippen LogP contribution is 2.40. The van der Waals surface area contributed by atoms with Crippen LogP contribution in [0.2, 0.25) is 0 Å². The quantitative estimate of drug-likeness (QED) is 0.581. The molecule has 1 amide bonds. The van der Waals surface area contributed by atoms with E-state index in [2.05, 4.69) is 5.32 Å². The van der Waals surface area contributed by atoms with E-state index in [0.717, 1.165) is 18.3 Å². The van der Waals surface area contributed by atoms with Crippen molar-refractivity contribution in [3.8, 4) is 5.75 Å². The van der Waals surface area contributed by atoms with Gasteiger partial charge in [0, 0.05) is 39.1 Å². The molecule has 1 aliphatic rings. The average molecular weight is 464 g/mol. The third-order valence-electron chi connectivity index (χ3n) is 6.12. The van der Waals surface area contributed by atoms with Gasteiger partial charge in [0.1, 0.15) is 22.9 Å². The first-order valence-corrected chi connectivity index (χ1v) is 10.4. The molecule has 0 saturated carbocycles. The predicted octanol–water partition coefficient (Wildman–Crippen LogP) is 2.41. The lowest BCUT2D eigenvalue weighted by Gasteiger charge is -2.41. The van der Waals surface area contributed by atoms with Crippen molar-refractivity contribution in [2.45, 2.75) is 39.0 Å². The summed E-state index contributed by atoms with van der Waals surface area (Å²) in [6, 6.07) is 3.28. The number of ether oxygens (including phenoxy) is 2. The molecule has 0 spiro atoms. The molecule has 1 aliphatic heterocycles. The van der Waals surface area contributed by atoms with Gasteiger partial charge in [-0.3, -0.25) is 14.4 Å². The summed E-state index contributed by atoms with van der Waals surface area (Å²) in [5.74, 6) is -3.96. The number of pyridine rings is 1. The maximum Gasteiger partial charge on any atom is 0.257 e. The zero-order chi connectivity index (χ0) is 24.3. The van der Waals surface area contributed by atoms with Crippen LogP contribution < -0.4 is 10.7 Å². The molecule has 0 fully saturated rings. The molecular weight excluding hydrogens is 438 g/mol. The monoisotopic (exact) mass is 464 g/mol. The highest BCUT2D eigenvalue weighted by molar-refractivity contribution is 6.03. The van der Waals surface area contributed by atoms with Crippen LogP contribution in [0.15, 0.2) is 29.2 Å². The van der Waals surface area contributed by atoms with Crippen LogP contribution in [0.3, 0.4) is 0 Å². The Balaban J connectivity index is 1.93. The number of halogens is 2. The number of nitrogens with one attached hydrogen (secondary N) is 1. The first kappa shape index (κ1) is 24.5. The second-order valence-corrected chi connectivity index (χ2v) is 8.17. The molecule has 0 bridgehead atoms. The summed E-state index contributed by atoms with van der Waals surface area (Å²) >= 11 is 0. The topological polar surface area (TPSA) is 107 Å². The van der Waals surface area contributed by atoms with Crippen molar-refractivity contribution in [1.82, 2.24) is 9.88 Å². The number of rotatable bonds is 8. The smallest absolute Gasteiger partial charge is 0.257 e. The van der Waals surface area contributed by atoms with Crippen LogP contribution in [-0.4, -0.2) is 48.3 Å². The van der Waals surface area contributed by atoms with Crippen molar-refractivity contribution < 1.29 is 33.0 Å². The van der Waals surface area contributed by atoms with Gasteiger partial charge >= 0.3 is 0 Å². The summed E-state index contributed by atoms with van der Waals surface area (Å²) in [6.07, 6.45) is 1.54. The van der Waals surface area contributed by atoms with Gasteiger partial charge < -0.3 is 24.5 Å². The molecule has 2 aromatic rings. The minimum atomic E-state index is -1.05. The lowest BCUT2D eigenvalue weighted by Crippen LogP contribution is -2.50. The number of ketones is 1. The largest absolute Gasteiger partial charge is 0.503 e. The van der Waals surface area contributed by atoms with E-state index in [-0.39, 0.29) is 17.8 Å². The van der Waals surface area contributed by atoms with Gasteiger partial charge in [-0.2, -0.15) is 0 Å². The van der Waals surface area contributed by atoms with Gasteiger partial charge in [0.05, 0.1) is 18.1 Å². The van der Waals surface area contributed by atoms with E-state index >= 15 is 0 Å². The molecule has 0 aliphatic carbocycles. The molecule has 1 aromatic carbocycles. The average Bonchev–Trinajstić information content (AvgIpc) is 2.78. The third-order valence-corrected chi connectivity index (χ3v) is 6.12. The molecule has 2 heterocycles. The van der Waals surface area contributed by atoms with Crippen LogP contribution >= 0.6 is 0 Å². The zero-order valence-corrected chi connectivity index (χ0v) is 18.6. The second-order valence-electron chi connectivity index (χ2n) is 8.17. The highest BCUT2D eigenvalue weighted by atomic mass is 19.1. The van der Waals surface area contributed by atoms with E-state index in [1.807, 2.05) is 0 Å². The van der Waals surface area contributed by atoms with Crippen LogP contribution in [-0.2, 0) is 22.6 Å². The lowest BCUT2D eigenvalue weighted by atomic mass is 9.72. The van der Waals surface area contributed by atoms with Gasteiger partial charge in [-0.1, -0.05) is 6.07 Å². The Morgan fingerprint density at radius 1 is 1.27 bits per heavy atom. The molecule has 1 aromatic heterocycles. The summed E-state index contributed by atoms with van der Waals surface area (Å²) in [4.78, 5) is 38.7. The number of fused-ring (bicyclic) bond motifs is 1. The van der Waals surface area contributed by atoms with Crippen LogP contribution in [0.25, 0.3) is 0 Å². The van der Waals surface area contributed by atoms with Crippen LogP contribution in [0.4, 0.5) is 8.78 Å². The Bertz CT molecular complexity index is 1110. The molecule has 0 radical (unpaired) electrons. The molecular formula is C23H26F2N2O6. The molecule has 178 valence electrons. The maximum absolute atomic E-state index is 13.8. The Labute approximate surface area is 189 Å². The van der Waals surface area contributed by atoms with Gasteiger partial charge in [-0.15, -0.1) is 0 Å². The van der Waals surface area contributed by atoms with E-state index < -0.39 is 58.1 Å². The molecule has 8 nitrogen and oxygen atoms in total. The zero-order valence-electron chi connectivity index (χ0n) is 18.6. The Morgan fingerprint density at radius 3 is 2.55 bits per heavy atom. The van der Waals surface area contributed by atoms with Gasteiger partial charge in [-0.05, 0) is 31.9 Å². The predicted molar refractivity (Wildman–Crippen MR) is 114 cm³/mol. The standard InChI is InChI=1S/C23H26F2N2O6/c1-23(8-5-9-32-2)17(33-3)12-27-11-14(19(28)20(29)18(27)21(23)30)22(31)26-10-13-15(24)6-4-7-16(13)25/h4,6-7,11,17,29H,5,8-10,12H2,1-3H3,(H,26,31). The van der Waals surface area contributed by atoms with Crippen molar-refractivity contribution in [3.63, 3.8) is 0 Å². The number of amides is 1. The van der Waals surface area contributed by atoms with E-state index in [0.29, 0.717) is 19.4 Å². The number of methoxy groups -OCH3 is 2. The summed E-state index contributed by atoms with van der Waals surface area (Å²) in [6.45, 7) is 1.74. The number of carbonyl (C=O) groups excluding carboxylic acids is 2. The van der Waals surface area contributed by atoms with E-state index in [4.69, 9.17) is 9.47 Å². The van der Waals surface area contributed by atoms with E-state index in [9.17, 15) is 28.3 Å². The second kappa shape index (κ2) is 9.80. The molecule has 3 rings (SSSR count). The lowest BCUT2D eigenvalue weighted by molar-refractivity contribution is -0.0209. The summed E-state index contributed by atoms with van der Waals surface area (Å²) in [5.41, 5.74) is -3.09. The number of benzene rings is 1. The molecule has 2 atom stereocenters. The normalized spacial score (nSPS) is 19.9. The van der Waals surface area contributed by atoms with Gasteiger partial charge in [0.15, 0.2) is 11.5 Å². The number of hydrogen-bond acceptors (Lipinski definition) is 6. The van der Waals surface area contributed by atoms with Crippen molar-refractivity contribution in [2.24, 2.45) is 5.41 Å². The van der Waals surface area contributed by atoms with Crippen LogP contribution in [0.5, 0.6) is 5.75 Å². The van der Waals surface area contributed by atoms with Crippen molar-refractivity contribution in [1.29, 1.82) is 0 Å². The minimum absolute atomic E-state index is 0.108. The van der Waals surface area contributed by atoms with Crippen molar-refractivity contribution >= 4 is 11.7 Å². The fraction of sp³-hybridized carbons (Fsp3) is 0.435. The van der Waals surface area contributed by atoms with Crippen molar-refractivity contribution in [3.05, 3.63) is 63.1 Å². The number of carbonyl (C=O) groups is 2. The number of nitrogens with zero attached hydrogens (tertiary/aromatic N) is 1. The molecule has 10 heteroatoms. The van der Waals surface area contributed by atoms with Gasteiger partial charge in [-0.25, -0.2) is 8.78 Å². The maximum atomic E-state index is 13.8. The highest BCUT2D eigenvalue weighted by Gasteiger charge is 2.48. The Morgan fingerprint density at radius 2 is 1.94 bits per heavy atom. The summed E-state index contributed by atoms with van der Waals surface area (Å²) in [5, 5.41) is 12.8. The first-order chi connectivity index (χ1) is 15.7. The van der Waals surface area contributed by atoms with Crippen LogP contribution in [0.1, 0.15) is 46.2 Å². The fourth-order valence-electron chi connectivity index (χ4n) is 4.15. The number of hydrogen-bond donors (Lipinski definition) is 2. The van der Waals surface area contributed by atoms with E-state index in [1.54, 1.807) is 14.0 Å². The SMILES string of the molecule is COCCCC1(C)C(=O)c2c(O)c(=O)c(C(=O)NCc3c(F)cccc3F)cn2CC1OC. The first-order valence-electron chi connectivity index (χ1n) is 10.4. The van der Waals surface area contributed by atoms with Crippen LogP contribution in [0, 0.1) is 17.0 Å². The van der Waals surface area contributed by atoms with Gasteiger partial charge in [0.2, 0.25) is 5.43 Å². The third kappa shape index (κ3) is 4.53. The Kier molecular flexibility index (Phi) is 7.28. The fourth-order valence-corrected chi connectivity index (χ4v) is 4.15. The Hall–Kier alpha value is -3.11. The molecule has 0 saturated heterocycles. The summed E-state index contributed by atoms with van der Waals surface area (Å²) < 4.78 is 39.6. The number of aromatic hydroxyl groups is 1. The molecule has 33 heavy (non-hydrogen) atoms. The summed E-state index contributed by atoms with van der Waals surface area (Å²) in [7, 11) is 3.00. The number of Topliss-reactive ketones (excluding diaryl/α,β-unsaturated/α-hetero) is 1. The molecule has 2 unspecified atom stereocenters. The van der Waals surface area contributed by atoms with Crippen molar-refractivity contribution in [2.75, 3.05) is 20.8 Å². The number of aromatic nitrogens is 1. The van der Waals surface area contributed by atoms with E-state index in [1.165, 1.54) is 17.7 Å². The molecule has 2 N–H and O–H groups in total. The van der Waals surface area contributed by atoms with Gasteiger partial charge in [0.25, 0.3) is 5.91 Å².